The number of halogens is 5. The summed E-state index contributed by atoms with van der Waals surface area (Å²) in [5, 5.41) is 8.14. The molecule has 1 N–H and O–H groups in total. The van der Waals surface area contributed by atoms with E-state index in [1.807, 2.05) is 0 Å². The van der Waals surface area contributed by atoms with Gasteiger partial charge in [-0.2, -0.15) is 13.2 Å². The summed E-state index contributed by atoms with van der Waals surface area (Å²) in [5.74, 6) is -2.29. The van der Waals surface area contributed by atoms with E-state index in [0.717, 1.165) is 0 Å². The fourth-order valence-electron chi connectivity index (χ4n) is 4.38. The first-order chi connectivity index (χ1) is 22.8. The van der Waals surface area contributed by atoms with E-state index in [0.29, 0.717) is 49.2 Å². The van der Waals surface area contributed by atoms with Crippen LogP contribution in [0.5, 0.6) is 5.75 Å². The van der Waals surface area contributed by atoms with Crippen molar-refractivity contribution in [2.24, 2.45) is 5.16 Å². The number of carbonyl (C=O) groups excluding carboxylic acids is 1. The number of hydrogen-bond donors (Lipinski definition) is 1. The Morgan fingerprint density at radius 2 is 1.88 bits per heavy atom. The highest BCUT2D eigenvalue weighted by Gasteiger charge is 2.42. The summed E-state index contributed by atoms with van der Waals surface area (Å²) < 4.78 is 81.5. The van der Waals surface area contributed by atoms with Crippen LogP contribution >= 0.6 is 11.6 Å². The van der Waals surface area contributed by atoms with Crippen LogP contribution in [0.15, 0.2) is 72.1 Å². The van der Waals surface area contributed by atoms with Crippen LogP contribution in [0.2, 0.25) is 5.02 Å². The third-order valence-corrected chi connectivity index (χ3v) is 8.95. The Labute approximate surface area is 279 Å². The van der Waals surface area contributed by atoms with Crippen molar-refractivity contribution in [3.8, 4) is 5.75 Å². The minimum atomic E-state index is -5.10. The minimum Gasteiger partial charge on any atom is -0.487 e. The molecule has 256 valence electrons. The summed E-state index contributed by atoms with van der Waals surface area (Å²) in [6.45, 7) is 0.771. The molecule has 0 saturated carbocycles. The van der Waals surface area contributed by atoms with Gasteiger partial charge in [0.15, 0.2) is 9.84 Å². The van der Waals surface area contributed by atoms with Gasteiger partial charge in [0.1, 0.15) is 36.9 Å². The number of rotatable bonds is 16. The van der Waals surface area contributed by atoms with Gasteiger partial charge in [-0.05, 0) is 66.4 Å². The first-order valence-corrected chi connectivity index (χ1v) is 16.9. The van der Waals surface area contributed by atoms with Crippen LogP contribution in [0.1, 0.15) is 30.9 Å². The molecule has 0 bridgehead atoms. The Kier molecular flexibility index (Phi) is 12.5. The third-order valence-electron chi connectivity index (χ3n) is 6.97. The van der Waals surface area contributed by atoms with Crippen LogP contribution in [0, 0.1) is 5.82 Å². The fraction of sp³-hybridized carbons (Fsp3) is 0.312. The Morgan fingerprint density at radius 3 is 2.60 bits per heavy atom. The summed E-state index contributed by atoms with van der Waals surface area (Å²) in [6, 6.07) is 16.5. The van der Waals surface area contributed by atoms with Gasteiger partial charge in [-0.15, -0.1) is 0 Å². The van der Waals surface area contributed by atoms with Crippen LogP contribution in [0.3, 0.4) is 0 Å². The molecule has 16 heteroatoms. The first kappa shape index (κ1) is 36.3. The fourth-order valence-corrected chi connectivity index (χ4v) is 5.40. The summed E-state index contributed by atoms with van der Waals surface area (Å²) in [6.07, 6.45) is -1.82. The van der Waals surface area contributed by atoms with Gasteiger partial charge >= 0.3 is 12.1 Å². The van der Waals surface area contributed by atoms with Crippen LogP contribution in [0.25, 0.3) is 10.9 Å². The van der Waals surface area contributed by atoms with E-state index in [9.17, 15) is 30.8 Å². The van der Waals surface area contributed by atoms with Crippen molar-refractivity contribution in [3.63, 3.8) is 0 Å². The average Bonchev–Trinajstić information content (AvgIpc) is 3.05. The van der Waals surface area contributed by atoms with Gasteiger partial charge < -0.3 is 19.8 Å². The number of nitrogens with zero attached hydrogens (tertiary/aromatic N) is 4. The van der Waals surface area contributed by atoms with Gasteiger partial charge in [-0.25, -0.2) is 22.8 Å². The van der Waals surface area contributed by atoms with Crippen molar-refractivity contribution < 1.29 is 40.3 Å². The average molecular weight is 710 g/mol. The number of amides is 1. The quantitative estimate of drug-likeness (QED) is 0.0590. The highest BCUT2D eigenvalue weighted by molar-refractivity contribution is 7.91. The molecule has 1 heterocycles. The van der Waals surface area contributed by atoms with Gasteiger partial charge in [-0.1, -0.05) is 41.9 Å². The molecule has 1 aromatic heterocycles. The van der Waals surface area contributed by atoms with E-state index < -0.39 is 34.2 Å². The van der Waals surface area contributed by atoms with Crippen molar-refractivity contribution in [1.29, 1.82) is 0 Å². The number of unbranched alkanes of at least 4 members (excludes halogenated alkanes) is 1. The smallest absolute Gasteiger partial charge is 0.471 e. The van der Waals surface area contributed by atoms with E-state index in [1.54, 1.807) is 48.5 Å². The molecular formula is C32H32ClF4N5O5S. The Balaban J connectivity index is 1.31. The predicted molar refractivity (Wildman–Crippen MR) is 175 cm³/mol. The summed E-state index contributed by atoms with van der Waals surface area (Å²) in [4.78, 5) is 26.1. The van der Waals surface area contributed by atoms with E-state index in [2.05, 4.69) is 20.4 Å². The topological polar surface area (TPSA) is 123 Å². The molecule has 3 aromatic carbocycles. The molecule has 1 amide bonds. The number of nitrogens with one attached hydrogen (secondary N) is 1. The van der Waals surface area contributed by atoms with Gasteiger partial charge in [0.2, 0.25) is 0 Å². The number of carbonyl (C=O) groups is 1. The van der Waals surface area contributed by atoms with Crippen molar-refractivity contribution >= 4 is 56.0 Å². The maximum atomic E-state index is 13.4. The van der Waals surface area contributed by atoms with Crippen molar-refractivity contribution in [1.82, 2.24) is 14.9 Å². The number of hydrogen-bond acceptors (Lipinski definition) is 9. The molecule has 4 aromatic rings. The lowest BCUT2D eigenvalue weighted by Gasteiger charge is -2.23. The van der Waals surface area contributed by atoms with Crippen LogP contribution in [-0.4, -0.2) is 72.8 Å². The zero-order valence-electron chi connectivity index (χ0n) is 25.7. The zero-order chi connectivity index (χ0) is 34.7. The number of fused-ring (bicyclic) bond motifs is 1. The van der Waals surface area contributed by atoms with Crippen molar-refractivity contribution in [3.05, 3.63) is 89.0 Å². The molecule has 0 unspecified atom stereocenters. The molecule has 0 spiro atoms. The largest absolute Gasteiger partial charge is 0.487 e. The summed E-state index contributed by atoms with van der Waals surface area (Å²) in [7, 11) is -3.55. The maximum absolute atomic E-state index is 13.4. The Morgan fingerprint density at radius 1 is 1.06 bits per heavy atom. The molecular weight excluding hydrogens is 678 g/mol. The second-order valence-electron chi connectivity index (χ2n) is 10.5. The number of aromatic nitrogens is 2. The lowest BCUT2D eigenvalue weighted by atomic mass is 10.1. The number of alkyl halides is 3. The normalized spacial score (nSPS) is 12.0. The molecule has 0 saturated heterocycles. The molecule has 0 aliphatic heterocycles. The standard InChI is InChI=1S/C32H32ClF4N5O5S/c1-2-48(44,45)15-13-42(31(43)32(35,36)37)12-3-4-14-47-40-19-22-8-10-28-26(17-22)30(39-21-38-28)41-25-9-11-29(27(33)18-25)46-20-23-6-5-7-24(34)16-23/h5-11,16-19,21H,2-4,12-15,20H2,1H3,(H,38,39,41)/b40-19+. The molecule has 4 rings (SSSR count). The molecule has 0 fully saturated rings. The van der Waals surface area contributed by atoms with Crippen LogP contribution < -0.4 is 10.1 Å². The zero-order valence-corrected chi connectivity index (χ0v) is 27.3. The molecule has 0 aliphatic carbocycles. The number of ether oxygens (including phenoxy) is 1. The van der Waals surface area contributed by atoms with Crippen molar-refractivity contribution in [2.45, 2.75) is 32.5 Å². The third kappa shape index (κ3) is 10.8. The molecule has 48 heavy (non-hydrogen) atoms. The van der Waals surface area contributed by atoms with Gasteiger partial charge in [-0.3, -0.25) is 4.79 Å². The first-order valence-electron chi connectivity index (χ1n) is 14.7. The van der Waals surface area contributed by atoms with E-state index in [1.165, 1.54) is 31.6 Å². The lowest BCUT2D eigenvalue weighted by Crippen LogP contribution is -2.44. The minimum absolute atomic E-state index is 0.0595. The Hall–Kier alpha value is -4.50. The highest BCUT2D eigenvalue weighted by Crippen LogP contribution is 2.31. The van der Waals surface area contributed by atoms with Gasteiger partial charge in [0.05, 0.1) is 22.5 Å². The predicted octanol–water partition coefficient (Wildman–Crippen LogP) is 6.70. The van der Waals surface area contributed by atoms with Crippen molar-refractivity contribution in [2.75, 3.05) is 36.5 Å². The SMILES string of the molecule is CCS(=O)(=O)CCN(CCCCO/N=C/c1ccc2ncnc(Nc3ccc(OCc4cccc(F)c4)c(Cl)c3)c2c1)C(=O)C(F)(F)F. The monoisotopic (exact) mass is 709 g/mol. The lowest BCUT2D eigenvalue weighted by molar-refractivity contribution is -0.185. The number of sulfone groups is 1. The van der Waals surface area contributed by atoms with E-state index >= 15 is 0 Å². The number of anilines is 2. The number of oxime groups is 1. The Bertz CT molecular complexity index is 1860. The highest BCUT2D eigenvalue weighted by atomic mass is 35.5. The second kappa shape index (κ2) is 16.6. The van der Waals surface area contributed by atoms with Gasteiger partial charge in [0.25, 0.3) is 0 Å². The second-order valence-corrected chi connectivity index (χ2v) is 13.4. The maximum Gasteiger partial charge on any atom is 0.471 e. The number of benzene rings is 3. The molecule has 10 nitrogen and oxygen atoms in total. The van der Waals surface area contributed by atoms with Gasteiger partial charge in [0, 0.05) is 29.9 Å². The molecule has 0 aliphatic rings. The molecule has 0 radical (unpaired) electrons. The van der Waals surface area contributed by atoms with Crippen LogP contribution in [0.4, 0.5) is 29.1 Å². The molecule has 0 atom stereocenters. The van der Waals surface area contributed by atoms with E-state index in [-0.39, 0.29) is 44.2 Å². The summed E-state index contributed by atoms with van der Waals surface area (Å²) in [5.41, 5.74) is 2.59. The van der Waals surface area contributed by atoms with E-state index in [4.69, 9.17) is 21.2 Å². The summed E-state index contributed by atoms with van der Waals surface area (Å²) >= 11 is 6.43. The van der Waals surface area contributed by atoms with Crippen LogP contribution in [-0.2, 0) is 26.1 Å².